The molecule has 3 heterocycles. The van der Waals surface area contributed by atoms with Crippen LogP contribution >= 0.6 is 23.6 Å². The molecule has 1 N–H and O–H groups in total. The fraction of sp³-hybridized carbons (Fsp3) is 0.0870. The highest BCUT2D eigenvalue weighted by Crippen LogP contribution is 2.37. The number of hydrogen-bond acceptors (Lipinski definition) is 4. The van der Waals surface area contributed by atoms with Gasteiger partial charge in [0.1, 0.15) is 27.9 Å². The van der Waals surface area contributed by atoms with E-state index in [1.54, 1.807) is 29.8 Å². The Balaban J connectivity index is 1.94. The Morgan fingerprint density at radius 3 is 2.47 bits per heavy atom. The molecule has 0 aliphatic carbocycles. The van der Waals surface area contributed by atoms with E-state index in [-0.39, 0.29) is 16.1 Å². The molecule has 0 spiro atoms. The lowest BCUT2D eigenvalue weighted by molar-refractivity contribution is -0.137. The molecule has 0 bridgehead atoms. The molecule has 3 aromatic heterocycles. The number of H-pyrrole nitrogens is 1. The maximum atomic E-state index is 14.3. The summed E-state index contributed by atoms with van der Waals surface area (Å²) in [7, 11) is 0. The van der Waals surface area contributed by atoms with Crippen LogP contribution in [0.25, 0.3) is 21.7 Å². The SMILES string of the molecule is N#Cc1c(C(F)(F)F)cc(-c2cc(-c3ccc(=S)[nH]c3)cs2)n(Cc2ccc(F)cc2F)c1=O. The Kier molecular flexibility index (Phi) is 6.20. The van der Waals surface area contributed by atoms with Gasteiger partial charge >= 0.3 is 6.18 Å². The summed E-state index contributed by atoms with van der Waals surface area (Å²) in [5, 5.41) is 11.0. The van der Waals surface area contributed by atoms with Crippen LogP contribution in [0.4, 0.5) is 22.0 Å². The van der Waals surface area contributed by atoms with E-state index in [1.165, 1.54) is 6.07 Å². The highest BCUT2D eigenvalue weighted by molar-refractivity contribution is 7.71. The lowest BCUT2D eigenvalue weighted by Crippen LogP contribution is -2.28. The molecule has 0 fully saturated rings. The molecule has 4 aromatic rings. The van der Waals surface area contributed by atoms with Gasteiger partial charge < -0.3 is 9.55 Å². The number of hydrogen-bond donors (Lipinski definition) is 1. The van der Waals surface area contributed by atoms with Crippen molar-refractivity contribution in [1.29, 1.82) is 5.26 Å². The standard InChI is InChI=1S/C23H12F5N3OS2/c24-15-3-1-13(18(25)6-15)10-31-19(7-17(23(26,27)28)16(8-29)22(31)32)20-5-14(11-34-20)12-2-4-21(33)30-9-12/h1-7,9,11H,10H2,(H,30,33). The van der Waals surface area contributed by atoms with Crippen LogP contribution in [0.15, 0.2) is 58.8 Å². The van der Waals surface area contributed by atoms with Crippen molar-refractivity contribution in [1.82, 2.24) is 9.55 Å². The van der Waals surface area contributed by atoms with E-state index in [0.717, 1.165) is 28.0 Å². The fourth-order valence-corrected chi connectivity index (χ4v) is 4.44. The second-order valence-electron chi connectivity index (χ2n) is 7.20. The predicted octanol–water partition coefficient (Wildman–Crippen LogP) is 6.52. The zero-order valence-corrected chi connectivity index (χ0v) is 18.5. The quantitative estimate of drug-likeness (QED) is 0.254. The summed E-state index contributed by atoms with van der Waals surface area (Å²) in [4.78, 5) is 16.1. The number of rotatable bonds is 4. The normalized spacial score (nSPS) is 11.4. The van der Waals surface area contributed by atoms with Crippen LogP contribution in [0.5, 0.6) is 0 Å². The van der Waals surface area contributed by atoms with Crippen LogP contribution in [-0.4, -0.2) is 9.55 Å². The molecule has 172 valence electrons. The van der Waals surface area contributed by atoms with E-state index < -0.39 is 41.0 Å². The topological polar surface area (TPSA) is 61.6 Å². The number of aromatic nitrogens is 2. The van der Waals surface area contributed by atoms with Crippen LogP contribution in [-0.2, 0) is 12.7 Å². The van der Waals surface area contributed by atoms with Crippen LogP contribution in [0.3, 0.4) is 0 Å². The van der Waals surface area contributed by atoms with Crippen LogP contribution < -0.4 is 5.56 Å². The van der Waals surface area contributed by atoms with E-state index in [1.807, 2.05) is 0 Å². The molecule has 0 aliphatic rings. The number of alkyl halides is 3. The third-order valence-electron chi connectivity index (χ3n) is 5.03. The minimum atomic E-state index is -4.96. The van der Waals surface area contributed by atoms with Gasteiger partial charge in [-0.25, -0.2) is 8.78 Å². The van der Waals surface area contributed by atoms with Crippen molar-refractivity contribution in [3.63, 3.8) is 0 Å². The summed E-state index contributed by atoms with van der Waals surface area (Å²) < 4.78 is 70.0. The van der Waals surface area contributed by atoms with Gasteiger partial charge in [0, 0.05) is 17.8 Å². The van der Waals surface area contributed by atoms with Crippen molar-refractivity contribution in [2.45, 2.75) is 12.7 Å². The Bertz CT molecular complexity index is 1540. The molecule has 0 aliphatic heterocycles. The molecule has 0 saturated carbocycles. The molecular formula is C23H12F5N3OS2. The van der Waals surface area contributed by atoms with E-state index >= 15 is 0 Å². The molecule has 0 saturated heterocycles. The second-order valence-corrected chi connectivity index (χ2v) is 8.55. The molecular weight excluding hydrogens is 493 g/mol. The highest BCUT2D eigenvalue weighted by atomic mass is 32.1. The summed E-state index contributed by atoms with van der Waals surface area (Å²) in [5.74, 6) is -1.81. The van der Waals surface area contributed by atoms with Crippen molar-refractivity contribution in [3.05, 3.63) is 97.4 Å². The van der Waals surface area contributed by atoms with Gasteiger partial charge in [0.15, 0.2) is 0 Å². The number of halogens is 5. The molecule has 34 heavy (non-hydrogen) atoms. The number of thiophene rings is 1. The van der Waals surface area contributed by atoms with E-state index in [4.69, 9.17) is 12.2 Å². The first kappa shape index (κ1) is 23.5. The van der Waals surface area contributed by atoms with Crippen molar-refractivity contribution in [2.75, 3.05) is 0 Å². The van der Waals surface area contributed by atoms with Crippen molar-refractivity contribution < 1.29 is 22.0 Å². The first-order chi connectivity index (χ1) is 16.1. The monoisotopic (exact) mass is 505 g/mol. The van der Waals surface area contributed by atoms with Crippen LogP contribution in [0, 0.1) is 27.6 Å². The van der Waals surface area contributed by atoms with Gasteiger partial charge in [0.2, 0.25) is 0 Å². The summed E-state index contributed by atoms with van der Waals surface area (Å²) in [6.07, 6.45) is -3.33. The molecule has 0 amide bonds. The van der Waals surface area contributed by atoms with Gasteiger partial charge in [-0.05, 0) is 46.8 Å². The van der Waals surface area contributed by atoms with Gasteiger partial charge in [-0.1, -0.05) is 18.3 Å². The smallest absolute Gasteiger partial charge is 0.352 e. The number of nitrogens with one attached hydrogen (secondary N) is 1. The summed E-state index contributed by atoms with van der Waals surface area (Å²) in [6, 6.07) is 9.66. The van der Waals surface area contributed by atoms with Crippen molar-refractivity contribution in [2.24, 2.45) is 0 Å². The maximum Gasteiger partial charge on any atom is 0.417 e. The predicted molar refractivity (Wildman–Crippen MR) is 120 cm³/mol. The van der Waals surface area contributed by atoms with E-state index in [9.17, 15) is 32.0 Å². The molecule has 1 aromatic carbocycles. The van der Waals surface area contributed by atoms with Crippen molar-refractivity contribution >= 4 is 23.6 Å². The van der Waals surface area contributed by atoms with Gasteiger partial charge in [0.25, 0.3) is 5.56 Å². The zero-order chi connectivity index (χ0) is 24.6. The maximum absolute atomic E-state index is 14.3. The number of benzene rings is 1. The highest BCUT2D eigenvalue weighted by Gasteiger charge is 2.36. The molecule has 0 atom stereocenters. The largest absolute Gasteiger partial charge is 0.417 e. The summed E-state index contributed by atoms with van der Waals surface area (Å²) >= 11 is 6.08. The minimum Gasteiger partial charge on any atom is -0.352 e. The number of pyridine rings is 2. The van der Waals surface area contributed by atoms with Gasteiger partial charge in [0.05, 0.1) is 22.7 Å². The third kappa shape index (κ3) is 4.55. The van der Waals surface area contributed by atoms with E-state index in [0.29, 0.717) is 27.9 Å². The Morgan fingerprint density at radius 2 is 1.85 bits per heavy atom. The van der Waals surface area contributed by atoms with Gasteiger partial charge in [-0.15, -0.1) is 11.3 Å². The van der Waals surface area contributed by atoms with Crippen molar-refractivity contribution in [3.8, 4) is 27.8 Å². The van der Waals surface area contributed by atoms with Crippen LogP contribution in [0.1, 0.15) is 16.7 Å². The Hall–Kier alpha value is -3.62. The average molecular weight is 505 g/mol. The lowest BCUT2D eigenvalue weighted by Gasteiger charge is -2.17. The second kappa shape index (κ2) is 8.96. The molecule has 0 radical (unpaired) electrons. The average Bonchev–Trinajstić information content (AvgIpc) is 3.26. The first-order valence-electron chi connectivity index (χ1n) is 9.55. The molecule has 4 rings (SSSR count). The lowest BCUT2D eigenvalue weighted by atomic mass is 10.1. The first-order valence-corrected chi connectivity index (χ1v) is 10.8. The Morgan fingerprint density at radius 1 is 1.09 bits per heavy atom. The number of nitriles is 1. The zero-order valence-electron chi connectivity index (χ0n) is 16.9. The Labute approximate surface area is 198 Å². The van der Waals surface area contributed by atoms with E-state index in [2.05, 4.69) is 4.98 Å². The van der Waals surface area contributed by atoms with Gasteiger partial charge in [-0.2, -0.15) is 18.4 Å². The number of aromatic amines is 1. The summed E-state index contributed by atoms with van der Waals surface area (Å²) in [6.45, 7) is -0.501. The minimum absolute atomic E-state index is 0.124. The molecule has 11 heteroatoms. The molecule has 0 unspecified atom stereocenters. The van der Waals surface area contributed by atoms with Crippen LogP contribution in [0.2, 0.25) is 0 Å². The third-order valence-corrected chi connectivity index (χ3v) is 6.24. The number of nitrogens with zero attached hydrogens (tertiary/aromatic N) is 2. The molecule has 4 nitrogen and oxygen atoms in total. The fourth-order valence-electron chi connectivity index (χ4n) is 3.37. The summed E-state index contributed by atoms with van der Waals surface area (Å²) in [5.41, 5.74) is -2.64. The van der Waals surface area contributed by atoms with Gasteiger partial charge in [-0.3, -0.25) is 4.79 Å².